The Hall–Kier alpha value is -1.16. The molecule has 2 rings (SSSR count). The number of carbonyl (C=O) groups excluding carboxylic acids is 1. The molecule has 0 spiro atoms. The number of hydrogen-bond acceptors (Lipinski definition) is 4. The molecule has 4 heteroatoms. The molecule has 3 nitrogen and oxygen atoms in total. The Bertz CT molecular complexity index is 425. The molecule has 1 aliphatic rings. The summed E-state index contributed by atoms with van der Waals surface area (Å²) in [6.07, 6.45) is 1.81. The first kappa shape index (κ1) is 13.3. The molecule has 1 heterocycles. The maximum Gasteiger partial charge on any atom is 0.161 e. The Morgan fingerprint density at radius 1 is 1.44 bits per heavy atom. The third-order valence-corrected chi connectivity index (χ3v) is 3.99. The van der Waals surface area contributed by atoms with Crippen molar-refractivity contribution < 1.29 is 14.3 Å². The Morgan fingerprint density at radius 2 is 2.28 bits per heavy atom. The summed E-state index contributed by atoms with van der Waals surface area (Å²) in [6.45, 7) is 1.59. The second-order valence-corrected chi connectivity index (χ2v) is 5.62. The molecular formula is C14H18O3S. The largest absolute Gasteiger partial charge is 0.493 e. The second-order valence-electron chi connectivity index (χ2n) is 4.47. The van der Waals surface area contributed by atoms with E-state index in [1.807, 2.05) is 30.0 Å². The van der Waals surface area contributed by atoms with Gasteiger partial charge in [0.1, 0.15) is 11.9 Å². The van der Waals surface area contributed by atoms with Crippen molar-refractivity contribution in [3.05, 3.63) is 23.8 Å². The van der Waals surface area contributed by atoms with Crippen molar-refractivity contribution in [2.45, 2.75) is 25.9 Å². The van der Waals surface area contributed by atoms with Crippen LogP contribution in [0.5, 0.6) is 11.5 Å². The summed E-state index contributed by atoms with van der Waals surface area (Å²) in [5.74, 6) is 3.84. The predicted octanol–water partition coefficient (Wildman–Crippen LogP) is 2.71. The highest BCUT2D eigenvalue weighted by Crippen LogP contribution is 2.31. The Labute approximate surface area is 112 Å². The van der Waals surface area contributed by atoms with Crippen LogP contribution in [0.3, 0.4) is 0 Å². The molecule has 0 aliphatic carbocycles. The fourth-order valence-electron chi connectivity index (χ4n) is 1.99. The van der Waals surface area contributed by atoms with Gasteiger partial charge in [-0.05, 0) is 36.8 Å². The van der Waals surface area contributed by atoms with Gasteiger partial charge in [-0.2, -0.15) is 11.8 Å². The second kappa shape index (κ2) is 6.14. The van der Waals surface area contributed by atoms with Crippen molar-refractivity contribution in [3.63, 3.8) is 0 Å². The molecule has 1 unspecified atom stereocenters. The molecule has 1 aromatic rings. The van der Waals surface area contributed by atoms with Crippen molar-refractivity contribution in [1.29, 1.82) is 0 Å². The maximum absolute atomic E-state index is 11.1. The smallest absolute Gasteiger partial charge is 0.161 e. The van der Waals surface area contributed by atoms with Crippen LogP contribution in [-0.2, 0) is 11.2 Å². The zero-order valence-corrected chi connectivity index (χ0v) is 11.6. The minimum absolute atomic E-state index is 0.151. The third-order valence-electron chi connectivity index (χ3n) is 2.86. The molecule has 1 aromatic carbocycles. The van der Waals surface area contributed by atoms with E-state index in [0.29, 0.717) is 12.2 Å². The topological polar surface area (TPSA) is 35.5 Å². The van der Waals surface area contributed by atoms with Crippen molar-refractivity contribution in [1.82, 2.24) is 0 Å². The summed E-state index contributed by atoms with van der Waals surface area (Å²) in [6, 6.07) is 5.72. The lowest BCUT2D eigenvalue weighted by Crippen LogP contribution is -2.15. The molecule has 18 heavy (non-hydrogen) atoms. The first-order valence-electron chi connectivity index (χ1n) is 6.10. The van der Waals surface area contributed by atoms with Crippen LogP contribution in [-0.4, -0.2) is 30.5 Å². The molecule has 0 aromatic heterocycles. The summed E-state index contributed by atoms with van der Waals surface area (Å²) >= 11 is 1.92. The summed E-state index contributed by atoms with van der Waals surface area (Å²) < 4.78 is 11.3. The van der Waals surface area contributed by atoms with Crippen LogP contribution in [0.15, 0.2) is 18.2 Å². The number of rotatable bonds is 5. The lowest BCUT2D eigenvalue weighted by atomic mass is 10.1. The molecule has 1 saturated heterocycles. The number of carbonyl (C=O) groups is 1. The summed E-state index contributed by atoms with van der Waals surface area (Å²) in [4.78, 5) is 11.1. The molecule has 0 saturated carbocycles. The van der Waals surface area contributed by atoms with Crippen molar-refractivity contribution in [2.24, 2.45) is 0 Å². The number of methoxy groups -OCH3 is 1. The SMILES string of the molecule is COc1cc(CC(C)=O)ccc1OC1CCSC1. The molecule has 0 N–H and O–H groups in total. The standard InChI is InChI=1S/C14H18O3S/c1-10(15)7-11-3-4-13(14(8-11)16-2)17-12-5-6-18-9-12/h3-4,8,12H,5-7,9H2,1-2H3. The number of ketones is 1. The van der Waals surface area contributed by atoms with Crippen LogP contribution in [0.4, 0.5) is 0 Å². The highest BCUT2D eigenvalue weighted by molar-refractivity contribution is 7.99. The van der Waals surface area contributed by atoms with Gasteiger partial charge in [-0.1, -0.05) is 6.07 Å². The zero-order valence-electron chi connectivity index (χ0n) is 10.8. The van der Waals surface area contributed by atoms with E-state index in [9.17, 15) is 4.79 Å². The maximum atomic E-state index is 11.1. The Balaban J connectivity index is 2.11. The van der Waals surface area contributed by atoms with Gasteiger partial charge in [0.2, 0.25) is 0 Å². The van der Waals surface area contributed by atoms with E-state index < -0.39 is 0 Å². The van der Waals surface area contributed by atoms with Crippen LogP contribution >= 0.6 is 11.8 Å². The Morgan fingerprint density at radius 3 is 2.89 bits per heavy atom. The fourth-order valence-corrected chi connectivity index (χ4v) is 3.09. The number of Topliss-reactive ketones (excluding diaryl/α,β-unsaturated/α-hetero) is 1. The van der Waals surface area contributed by atoms with Gasteiger partial charge < -0.3 is 9.47 Å². The molecule has 1 atom stereocenters. The average Bonchev–Trinajstić information content (AvgIpc) is 2.83. The molecule has 0 bridgehead atoms. The highest BCUT2D eigenvalue weighted by atomic mass is 32.2. The van der Waals surface area contributed by atoms with Gasteiger partial charge in [0.25, 0.3) is 0 Å². The van der Waals surface area contributed by atoms with Crippen LogP contribution in [0.25, 0.3) is 0 Å². The predicted molar refractivity (Wildman–Crippen MR) is 73.7 cm³/mol. The van der Waals surface area contributed by atoms with Crippen molar-refractivity contribution in [3.8, 4) is 11.5 Å². The lowest BCUT2D eigenvalue weighted by Gasteiger charge is -2.16. The van der Waals surface area contributed by atoms with Gasteiger partial charge in [0.15, 0.2) is 11.5 Å². The molecule has 0 amide bonds. The van der Waals surface area contributed by atoms with E-state index in [0.717, 1.165) is 29.2 Å². The summed E-state index contributed by atoms with van der Waals surface area (Å²) in [5.41, 5.74) is 0.965. The van der Waals surface area contributed by atoms with Gasteiger partial charge in [-0.3, -0.25) is 4.79 Å². The first-order valence-corrected chi connectivity index (χ1v) is 7.25. The molecule has 1 aliphatic heterocycles. The Kier molecular flexibility index (Phi) is 4.53. The monoisotopic (exact) mass is 266 g/mol. The van der Waals surface area contributed by atoms with Crippen LogP contribution in [0, 0.1) is 0 Å². The summed E-state index contributed by atoms with van der Waals surface area (Å²) in [7, 11) is 1.63. The highest BCUT2D eigenvalue weighted by Gasteiger charge is 2.19. The molecule has 1 fully saturated rings. The summed E-state index contributed by atoms with van der Waals surface area (Å²) in [5, 5.41) is 0. The lowest BCUT2D eigenvalue weighted by molar-refractivity contribution is -0.116. The molecule has 98 valence electrons. The normalized spacial score (nSPS) is 18.7. The zero-order chi connectivity index (χ0) is 13.0. The van der Waals surface area contributed by atoms with Crippen LogP contribution in [0.1, 0.15) is 18.9 Å². The minimum atomic E-state index is 0.151. The van der Waals surface area contributed by atoms with Gasteiger partial charge in [0.05, 0.1) is 7.11 Å². The number of hydrogen-bond donors (Lipinski definition) is 0. The quantitative estimate of drug-likeness (QED) is 0.821. The first-order chi connectivity index (χ1) is 8.69. The van der Waals surface area contributed by atoms with Crippen LogP contribution in [0.2, 0.25) is 0 Å². The van der Waals surface area contributed by atoms with Gasteiger partial charge in [-0.25, -0.2) is 0 Å². The average molecular weight is 266 g/mol. The van der Waals surface area contributed by atoms with Crippen molar-refractivity contribution >= 4 is 17.5 Å². The van der Waals surface area contributed by atoms with E-state index in [2.05, 4.69) is 0 Å². The minimum Gasteiger partial charge on any atom is -0.493 e. The van der Waals surface area contributed by atoms with Gasteiger partial charge >= 0.3 is 0 Å². The van der Waals surface area contributed by atoms with Crippen LogP contribution < -0.4 is 9.47 Å². The van der Waals surface area contributed by atoms with E-state index >= 15 is 0 Å². The fraction of sp³-hybridized carbons (Fsp3) is 0.500. The third kappa shape index (κ3) is 3.42. The number of ether oxygens (including phenoxy) is 2. The number of thioether (sulfide) groups is 1. The van der Waals surface area contributed by atoms with E-state index in [1.165, 1.54) is 0 Å². The van der Waals surface area contributed by atoms with E-state index in [-0.39, 0.29) is 11.9 Å². The number of benzene rings is 1. The van der Waals surface area contributed by atoms with Crippen molar-refractivity contribution in [2.75, 3.05) is 18.6 Å². The van der Waals surface area contributed by atoms with E-state index in [4.69, 9.17) is 9.47 Å². The molecular weight excluding hydrogens is 248 g/mol. The van der Waals surface area contributed by atoms with Gasteiger partial charge in [-0.15, -0.1) is 0 Å². The van der Waals surface area contributed by atoms with Gasteiger partial charge in [0, 0.05) is 12.2 Å². The van der Waals surface area contributed by atoms with E-state index in [1.54, 1.807) is 14.0 Å². The molecule has 0 radical (unpaired) electrons.